The molecule has 0 saturated carbocycles. The van der Waals surface area contributed by atoms with E-state index in [9.17, 15) is 4.79 Å². The zero-order valence-electron chi connectivity index (χ0n) is 13.8. The lowest BCUT2D eigenvalue weighted by molar-refractivity contribution is 0.0502. The number of unbranched alkanes of at least 4 members (excludes halogenated alkanes) is 1. The number of aromatic nitrogens is 1. The van der Waals surface area contributed by atoms with Crippen molar-refractivity contribution in [2.45, 2.75) is 19.8 Å². The Morgan fingerprint density at radius 3 is 2.64 bits per heavy atom. The maximum absolute atomic E-state index is 12.6. The van der Waals surface area contributed by atoms with E-state index in [0.29, 0.717) is 28.1 Å². The second-order valence-electron chi connectivity index (χ2n) is 5.71. The monoisotopic (exact) mass is 417 g/mol. The summed E-state index contributed by atoms with van der Waals surface area (Å²) < 4.78 is 6.40. The first-order chi connectivity index (χ1) is 12.1. The average Bonchev–Trinajstić information content (AvgIpc) is 2.61. The summed E-state index contributed by atoms with van der Waals surface area (Å²) in [5.41, 5.74) is 2.86. The summed E-state index contributed by atoms with van der Waals surface area (Å²) in [6.45, 7) is 2.47. The van der Waals surface area contributed by atoms with Crippen LogP contribution in [0.25, 0.3) is 22.2 Å². The summed E-state index contributed by atoms with van der Waals surface area (Å²) in [7, 11) is 0. The molecule has 0 aliphatic carbocycles. The van der Waals surface area contributed by atoms with Crippen LogP contribution in [-0.2, 0) is 4.74 Å². The molecule has 0 unspecified atom stereocenters. The molecule has 0 fully saturated rings. The number of fused-ring (bicyclic) bond motifs is 1. The SMILES string of the molecule is CCCCOC(=O)c1cc(-c2ccc(Br)cc2)nc2ccc(Cl)cc12. The Hall–Kier alpha value is -1.91. The topological polar surface area (TPSA) is 39.2 Å². The van der Waals surface area contributed by atoms with E-state index in [2.05, 4.69) is 27.8 Å². The van der Waals surface area contributed by atoms with E-state index in [1.807, 2.05) is 30.3 Å². The smallest absolute Gasteiger partial charge is 0.338 e. The number of carbonyl (C=O) groups excluding carboxylic acids is 1. The molecule has 0 bridgehead atoms. The molecule has 0 aliphatic rings. The van der Waals surface area contributed by atoms with Gasteiger partial charge in [0.15, 0.2) is 0 Å². The highest BCUT2D eigenvalue weighted by Crippen LogP contribution is 2.28. The van der Waals surface area contributed by atoms with Crippen LogP contribution in [0.1, 0.15) is 30.1 Å². The van der Waals surface area contributed by atoms with Crippen molar-refractivity contribution >= 4 is 44.4 Å². The van der Waals surface area contributed by atoms with Gasteiger partial charge in [-0.25, -0.2) is 9.78 Å². The summed E-state index contributed by atoms with van der Waals surface area (Å²) in [6, 6.07) is 14.9. The van der Waals surface area contributed by atoms with Gasteiger partial charge >= 0.3 is 5.97 Å². The quantitative estimate of drug-likeness (QED) is 0.362. The van der Waals surface area contributed by atoms with Crippen LogP contribution in [0.15, 0.2) is 53.0 Å². The number of esters is 1. The maximum Gasteiger partial charge on any atom is 0.338 e. The van der Waals surface area contributed by atoms with Crippen LogP contribution in [0, 0.1) is 0 Å². The molecule has 25 heavy (non-hydrogen) atoms. The highest BCUT2D eigenvalue weighted by Gasteiger charge is 2.15. The lowest BCUT2D eigenvalue weighted by Crippen LogP contribution is -2.08. The van der Waals surface area contributed by atoms with Crippen LogP contribution in [0.4, 0.5) is 0 Å². The Morgan fingerprint density at radius 1 is 1.16 bits per heavy atom. The van der Waals surface area contributed by atoms with Gasteiger partial charge in [0, 0.05) is 20.4 Å². The largest absolute Gasteiger partial charge is 0.462 e. The van der Waals surface area contributed by atoms with Crippen molar-refractivity contribution in [3.05, 3.63) is 63.6 Å². The molecule has 0 atom stereocenters. The van der Waals surface area contributed by atoms with Gasteiger partial charge in [-0.15, -0.1) is 0 Å². The minimum atomic E-state index is -0.346. The molecule has 3 aromatic rings. The molecule has 0 amide bonds. The Bertz CT molecular complexity index is 909. The number of ether oxygens (including phenoxy) is 1. The fourth-order valence-corrected chi connectivity index (χ4v) is 2.96. The van der Waals surface area contributed by atoms with Gasteiger partial charge in [0.05, 0.1) is 23.4 Å². The van der Waals surface area contributed by atoms with Crippen molar-refractivity contribution in [1.82, 2.24) is 4.98 Å². The number of hydrogen-bond acceptors (Lipinski definition) is 3. The number of pyridine rings is 1. The Morgan fingerprint density at radius 2 is 1.92 bits per heavy atom. The first-order valence-corrected chi connectivity index (χ1v) is 9.29. The lowest BCUT2D eigenvalue weighted by atomic mass is 10.0. The molecule has 128 valence electrons. The third-order valence-electron chi connectivity index (χ3n) is 3.86. The summed E-state index contributed by atoms with van der Waals surface area (Å²) in [5, 5.41) is 1.27. The van der Waals surface area contributed by atoms with E-state index in [0.717, 1.165) is 28.6 Å². The predicted molar refractivity (Wildman–Crippen MR) is 105 cm³/mol. The van der Waals surface area contributed by atoms with Crippen LogP contribution in [0.3, 0.4) is 0 Å². The molecule has 0 spiro atoms. The predicted octanol–water partition coefficient (Wildman–Crippen LogP) is 6.27. The van der Waals surface area contributed by atoms with Crippen molar-refractivity contribution in [1.29, 1.82) is 0 Å². The van der Waals surface area contributed by atoms with E-state index in [1.54, 1.807) is 18.2 Å². The van der Waals surface area contributed by atoms with E-state index >= 15 is 0 Å². The third kappa shape index (κ3) is 4.20. The molecular weight excluding hydrogens is 402 g/mol. The van der Waals surface area contributed by atoms with Gasteiger partial charge in [0.2, 0.25) is 0 Å². The fourth-order valence-electron chi connectivity index (χ4n) is 2.52. The summed E-state index contributed by atoms with van der Waals surface area (Å²) >= 11 is 9.54. The van der Waals surface area contributed by atoms with Gasteiger partial charge in [-0.05, 0) is 42.8 Å². The van der Waals surface area contributed by atoms with E-state index < -0.39 is 0 Å². The molecule has 3 rings (SSSR count). The zero-order valence-corrected chi connectivity index (χ0v) is 16.1. The maximum atomic E-state index is 12.6. The van der Waals surface area contributed by atoms with Crippen molar-refractivity contribution in [2.75, 3.05) is 6.61 Å². The zero-order chi connectivity index (χ0) is 17.8. The molecule has 1 aromatic heterocycles. The summed E-state index contributed by atoms with van der Waals surface area (Å²) in [5.74, 6) is -0.346. The number of carbonyl (C=O) groups is 1. The molecule has 3 nitrogen and oxygen atoms in total. The number of rotatable bonds is 5. The second-order valence-corrected chi connectivity index (χ2v) is 7.07. The van der Waals surface area contributed by atoms with Gasteiger partial charge in [-0.3, -0.25) is 0 Å². The van der Waals surface area contributed by atoms with Crippen LogP contribution in [-0.4, -0.2) is 17.6 Å². The number of halogens is 2. The highest BCUT2D eigenvalue weighted by molar-refractivity contribution is 9.10. The van der Waals surface area contributed by atoms with Crippen molar-refractivity contribution in [3.63, 3.8) is 0 Å². The molecule has 5 heteroatoms. The first kappa shape index (κ1) is 17.9. The van der Waals surface area contributed by atoms with Crippen molar-refractivity contribution in [2.24, 2.45) is 0 Å². The normalized spacial score (nSPS) is 10.8. The van der Waals surface area contributed by atoms with Gasteiger partial charge < -0.3 is 4.74 Å². The Balaban J connectivity index is 2.09. The molecule has 0 radical (unpaired) electrons. The molecule has 0 aliphatic heterocycles. The van der Waals surface area contributed by atoms with Gasteiger partial charge in [0.25, 0.3) is 0 Å². The van der Waals surface area contributed by atoms with Crippen molar-refractivity contribution < 1.29 is 9.53 Å². The van der Waals surface area contributed by atoms with Gasteiger partial charge in [0.1, 0.15) is 0 Å². The van der Waals surface area contributed by atoms with Crippen LogP contribution in [0.2, 0.25) is 5.02 Å². The third-order valence-corrected chi connectivity index (χ3v) is 4.63. The molecular formula is C20H17BrClNO2. The minimum absolute atomic E-state index is 0.346. The fraction of sp³-hybridized carbons (Fsp3) is 0.200. The van der Waals surface area contributed by atoms with E-state index in [1.165, 1.54) is 0 Å². The average molecular weight is 419 g/mol. The highest BCUT2D eigenvalue weighted by atomic mass is 79.9. The van der Waals surface area contributed by atoms with Crippen LogP contribution in [0.5, 0.6) is 0 Å². The summed E-state index contributed by atoms with van der Waals surface area (Å²) in [6.07, 6.45) is 1.81. The summed E-state index contributed by atoms with van der Waals surface area (Å²) in [4.78, 5) is 17.3. The molecule has 0 saturated heterocycles. The minimum Gasteiger partial charge on any atom is -0.462 e. The Labute approximate surface area is 160 Å². The number of nitrogens with zero attached hydrogens (tertiary/aromatic N) is 1. The van der Waals surface area contributed by atoms with Gasteiger partial charge in [-0.2, -0.15) is 0 Å². The molecule has 0 N–H and O–H groups in total. The van der Waals surface area contributed by atoms with E-state index in [4.69, 9.17) is 16.3 Å². The van der Waals surface area contributed by atoms with Gasteiger partial charge in [-0.1, -0.05) is 53.0 Å². The Kier molecular flexibility index (Phi) is 5.71. The molecule has 1 heterocycles. The van der Waals surface area contributed by atoms with E-state index in [-0.39, 0.29) is 5.97 Å². The van der Waals surface area contributed by atoms with Crippen LogP contribution >= 0.6 is 27.5 Å². The van der Waals surface area contributed by atoms with Crippen molar-refractivity contribution in [3.8, 4) is 11.3 Å². The standard InChI is InChI=1S/C20H17BrClNO2/c1-2-3-10-25-20(24)17-12-19(13-4-6-14(21)7-5-13)23-18-9-8-15(22)11-16(17)18/h4-9,11-12H,2-3,10H2,1H3. The lowest BCUT2D eigenvalue weighted by Gasteiger charge is -2.10. The second kappa shape index (κ2) is 7.98. The number of hydrogen-bond donors (Lipinski definition) is 0. The molecule has 2 aromatic carbocycles. The number of benzene rings is 2. The first-order valence-electron chi connectivity index (χ1n) is 8.12. The van der Waals surface area contributed by atoms with Crippen LogP contribution < -0.4 is 0 Å².